The highest BCUT2D eigenvalue weighted by molar-refractivity contribution is 7.99. The highest BCUT2D eigenvalue weighted by Gasteiger charge is 2.09. The van der Waals surface area contributed by atoms with E-state index in [1.807, 2.05) is 31.2 Å². The van der Waals surface area contributed by atoms with Gasteiger partial charge in [-0.05, 0) is 38.0 Å². The number of rotatable bonds is 8. The van der Waals surface area contributed by atoms with E-state index in [9.17, 15) is 8.78 Å². The number of hydrogen-bond acceptors (Lipinski definition) is 3. The summed E-state index contributed by atoms with van der Waals surface area (Å²) in [4.78, 5) is 0.861. The average Bonchev–Trinajstić information content (AvgIpc) is 2.37. The summed E-state index contributed by atoms with van der Waals surface area (Å²) in [6, 6.07) is 8.08. The van der Waals surface area contributed by atoms with E-state index in [0.29, 0.717) is 6.42 Å². The topological polar surface area (TPSA) is 32.3 Å². The second-order valence-electron chi connectivity index (χ2n) is 4.57. The summed E-state index contributed by atoms with van der Waals surface area (Å²) in [5, 5.41) is 12.2. The van der Waals surface area contributed by atoms with Crippen LogP contribution in [0.3, 0.4) is 0 Å². The van der Waals surface area contributed by atoms with Crippen LogP contribution in [0.15, 0.2) is 29.2 Å². The van der Waals surface area contributed by atoms with Gasteiger partial charge in [-0.2, -0.15) is 0 Å². The van der Waals surface area contributed by atoms with Gasteiger partial charge in [0.15, 0.2) is 0 Å². The van der Waals surface area contributed by atoms with Gasteiger partial charge in [-0.1, -0.05) is 12.1 Å². The number of hydrogen-bond donors (Lipinski definition) is 2. The summed E-state index contributed by atoms with van der Waals surface area (Å²) in [6.45, 7) is 4.25. The second kappa shape index (κ2) is 8.51. The third kappa shape index (κ3) is 6.36. The van der Waals surface area contributed by atoms with Crippen molar-refractivity contribution in [3.05, 3.63) is 29.8 Å². The second-order valence-corrected chi connectivity index (χ2v) is 5.67. The van der Waals surface area contributed by atoms with Crippen LogP contribution < -0.4 is 5.32 Å². The van der Waals surface area contributed by atoms with E-state index in [1.54, 1.807) is 0 Å². The molecule has 1 rings (SSSR count). The quantitative estimate of drug-likeness (QED) is 0.719. The molecule has 0 spiro atoms. The first kappa shape index (κ1) is 16.4. The van der Waals surface area contributed by atoms with Crippen LogP contribution in [0.2, 0.25) is 0 Å². The lowest BCUT2D eigenvalue weighted by Gasteiger charge is -2.20. The Morgan fingerprint density at radius 1 is 1.21 bits per heavy atom. The molecule has 2 atom stereocenters. The first-order chi connectivity index (χ1) is 9.02. The van der Waals surface area contributed by atoms with Crippen LogP contribution in [0.25, 0.3) is 0 Å². The maximum atomic E-state index is 12.1. The molecule has 0 amide bonds. The molecule has 0 aliphatic carbocycles. The van der Waals surface area contributed by atoms with Crippen LogP contribution >= 0.6 is 11.8 Å². The Labute approximate surface area is 117 Å². The molecule has 1 unspecified atom stereocenters. The van der Waals surface area contributed by atoms with E-state index in [2.05, 4.69) is 12.2 Å². The van der Waals surface area contributed by atoms with Gasteiger partial charge in [-0.25, -0.2) is 8.78 Å². The largest absolute Gasteiger partial charge is 0.396 e. The van der Waals surface area contributed by atoms with E-state index < -0.39 is 6.43 Å². The third-order valence-electron chi connectivity index (χ3n) is 2.85. The van der Waals surface area contributed by atoms with Crippen molar-refractivity contribution in [2.75, 3.05) is 12.4 Å². The zero-order valence-electron chi connectivity index (χ0n) is 11.3. The van der Waals surface area contributed by atoms with Crippen LogP contribution in [0.5, 0.6) is 0 Å². The Morgan fingerprint density at radius 3 is 2.37 bits per heavy atom. The fourth-order valence-electron chi connectivity index (χ4n) is 1.81. The minimum atomic E-state index is -2.27. The minimum Gasteiger partial charge on any atom is -0.396 e. The summed E-state index contributed by atoms with van der Waals surface area (Å²) in [5.41, 5.74) is 1.12. The molecule has 0 radical (unpaired) electrons. The lowest BCUT2D eigenvalue weighted by atomic mass is 10.1. The molecule has 0 saturated carbocycles. The van der Waals surface area contributed by atoms with E-state index in [4.69, 9.17) is 5.11 Å². The van der Waals surface area contributed by atoms with Gasteiger partial charge in [-0.3, -0.25) is 0 Å². The molecule has 0 aliphatic rings. The van der Waals surface area contributed by atoms with Crippen molar-refractivity contribution < 1.29 is 13.9 Å². The molecule has 0 saturated heterocycles. The molecule has 0 bridgehead atoms. The van der Waals surface area contributed by atoms with E-state index in [0.717, 1.165) is 10.5 Å². The summed E-state index contributed by atoms with van der Waals surface area (Å²) in [5.74, 6) is -0.166. The lowest BCUT2D eigenvalue weighted by molar-refractivity contribution is 0.177. The lowest BCUT2D eigenvalue weighted by Crippen LogP contribution is -2.29. The Bertz CT molecular complexity index is 359. The fourth-order valence-corrected chi connectivity index (χ4v) is 2.46. The summed E-state index contributed by atoms with van der Waals surface area (Å²) in [6.07, 6.45) is -1.56. The molecule has 108 valence electrons. The molecule has 5 heteroatoms. The van der Waals surface area contributed by atoms with E-state index in [-0.39, 0.29) is 24.4 Å². The van der Waals surface area contributed by atoms with E-state index >= 15 is 0 Å². The van der Waals surface area contributed by atoms with Crippen LogP contribution in [0, 0.1) is 0 Å². The molecular weight excluding hydrogens is 268 g/mol. The number of aliphatic hydroxyl groups is 1. The Morgan fingerprint density at radius 2 is 1.84 bits per heavy atom. The summed E-state index contributed by atoms with van der Waals surface area (Å²) >= 11 is 1.17. The minimum absolute atomic E-state index is 0.166. The smallest absolute Gasteiger partial charge is 0.247 e. The van der Waals surface area contributed by atoms with Crippen molar-refractivity contribution in [3.8, 4) is 0 Å². The van der Waals surface area contributed by atoms with Crippen molar-refractivity contribution in [1.29, 1.82) is 0 Å². The Hall–Kier alpha value is -0.650. The number of thioether (sulfide) groups is 1. The van der Waals surface area contributed by atoms with Crippen molar-refractivity contribution in [1.82, 2.24) is 5.32 Å². The maximum Gasteiger partial charge on any atom is 0.247 e. The van der Waals surface area contributed by atoms with Gasteiger partial charge in [-0.15, -0.1) is 11.8 Å². The van der Waals surface area contributed by atoms with Gasteiger partial charge >= 0.3 is 0 Å². The van der Waals surface area contributed by atoms with Crippen molar-refractivity contribution in [2.45, 2.75) is 43.7 Å². The normalized spacial score (nSPS) is 14.6. The number of halogens is 2. The molecule has 0 aliphatic heterocycles. The van der Waals surface area contributed by atoms with Gasteiger partial charge in [0.2, 0.25) is 6.43 Å². The molecule has 2 nitrogen and oxygen atoms in total. The molecule has 19 heavy (non-hydrogen) atoms. The SMILES string of the molecule is CC(N[C@H](C)CCO)c1ccc(SCC(F)F)cc1. The number of benzene rings is 1. The monoisotopic (exact) mass is 289 g/mol. The van der Waals surface area contributed by atoms with Crippen molar-refractivity contribution in [2.24, 2.45) is 0 Å². The van der Waals surface area contributed by atoms with Crippen molar-refractivity contribution >= 4 is 11.8 Å². The van der Waals surface area contributed by atoms with Gasteiger partial charge in [0.1, 0.15) is 0 Å². The summed E-state index contributed by atoms with van der Waals surface area (Å²) in [7, 11) is 0. The van der Waals surface area contributed by atoms with Gasteiger partial charge in [0, 0.05) is 23.6 Å². The molecule has 1 aromatic carbocycles. The Kier molecular flexibility index (Phi) is 7.34. The standard InChI is InChI=1S/C14H21F2NOS/c1-10(7-8-18)17-11(2)12-3-5-13(6-4-12)19-9-14(15)16/h3-6,10-11,14,17-18H,7-9H2,1-2H3/t10-,11?/m1/s1. The van der Waals surface area contributed by atoms with Gasteiger partial charge in [0.25, 0.3) is 0 Å². The number of alkyl halides is 2. The van der Waals surface area contributed by atoms with Gasteiger partial charge in [0.05, 0.1) is 5.75 Å². The van der Waals surface area contributed by atoms with Crippen LogP contribution in [0.4, 0.5) is 8.78 Å². The first-order valence-electron chi connectivity index (χ1n) is 6.40. The third-order valence-corrected chi connectivity index (χ3v) is 3.88. The number of nitrogens with one attached hydrogen (secondary N) is 1. The maximum absolute atomic E-state index is 12.1. The summed E-state index contributed by atoms with van der Waals surface area (Å²) < 4.78 is 24.2. The fraction of sp³-hybridized carbons (Fsp3) is 0.571. The van der Waals surface area contributed by atoms with Crippen LogP contribution in [0.1, 0.15) is 31.9 Å². The average molecular weight is 289 g/mol. The zero-order chi connectivity index (χ0) is 14.3. The number of aliphatic hydroxyl groups excluding tert-OH is 1. The molecule has 0 aromatic heterocycles. The Balaban J connectivity index is 2.50. The molecule has 2 N–H and O–H groups in total. The van der Waals surface area contributed by atoms with Crippen LogP contribution in [-0.4, -0.2) is 29.9 Å². The highest BCUT2D eigenvalue weighted by Crippen LogP contribution is 2.22. The molecule has 0 fully saturated rings. The van der Waals surface area contributed by atoms with Crippen LogP contribution in [-0.2, 0) is 0 Å². The van der Waals surface area contributed by atoms with Crippen molar-refractivity contribution in [3.63, 3.8) is 0 Å². The predicted octanol–water partition coefficient (Wildman–Crippen LogP) is 3.47. The zero-order valence-corrected chi connectivity index (χ0v) is 12.1. The first-order valence-corrected chi connectivity index (χ1v) is 7.39. The van der Waals surface area contributed by atoms with Gasteiger partial charge < -0.3 is 10.4 Å². The molecular formula is C14H21F2NOS. The molecule has 0 heterocycles. The van der Waals surface area contributed by atoms with E-state index in [1.165, 1.54) is 11.8 Å². The molecule has 1 aromatic rings. The highest BCUT2D eigenvalue weighted by atomic mass is 32.2. The predicted molar refractivity (Wildman–Crippen MR) is 75.9 cm³/mol.